The first-order valence-electron chi connectivity index (χ1n) is 3.24. The molecule has 4 heteroatoms. The zero-order valence-electron chi connectivity index (χ0n) is 5.91. The second-order valence-electron chi connectivity index (χ2n) is 2.26. The minimum absolute atomic E-state index is 0.0285. The quantitative estimate of drug-likeness (QED) is 0.593. The number of fused-ring (bicyclic) bond motifs is 1. The average Bonchev–Trinajstić information content (AvgIpc) is 2.49. The molecule has 1 heterocycles. The number of halogens is 1. The molecule has 2 rings (SSSR count). The van der Waals surface area contributed by atoms with Crippen LogP contribution in [0.1, 0.15) is 5.56 Å². The third-order valence-electron chi connectivity index (χ3n) is 1.54. The SMILES string of the molecule is N#Cc1cc2ocnc2cc1F. The summed E-state index contributed by atoms with van der Waals surface area (Å²) in [5, 5.41) is 8.46. The van der Waals surface area contributed by atoms with E-state index in [1.807, 2.05) is 0 Å². The first-order chi connectivity index (χ1) is 5.81. The van der Waals surface area contributed by atoms with Gasteiger partial charge in [-0.1, -0.05) is 0 Å². The summed E-state index contributed by atoms with van der Waals surface area (Å²) in [6, 6.07) is 4.22. The first kappa shape index (κ1) is 6.80. The maximum atomic E-state index is 12.9. The number of hydrogen-bond acceptors (Lipinski definition) is 3. The molecule has 0 atom stereocenters. The molecule has 0 aliphatic heterocycles. The zero-order chi connectivity index (χ0) is 8.55. The fourth-order valence-corrected chi connectivity index (χ4v) is 0.964. The lowest BCUT2D eigenvalue weighted by atomic mass is 10.2. The Morgan fingerprint density at radius 3 is 3.08 bits per heavy atom. The molecule has 0 bridgehead atoms. The monoisotopic (exact) mass is 162 g/mol. The van der Waals surface area contributed by atoms with Crippen LogP contribution in [0, 0.1) is 17.1 Å². The highest BCUT2D eigenvalue weighted by molar-refractivity contribution is 5.74. The Kier molecular flexibility index (Phi) is 1.31. The van der Waals surface area contributed by atoms with Crippen LogP contribution in [-0.4, -0.2) is 4.98 Å². The van der Waals surface area contributed by atoms with Crippen molar-refractivity contribution in [2.75, 3.05) is 0 Å². The molecular weight excluding hydrogens is 159 g/mol. The van der Waals surface area contributed by atoms with E-state index < -0.39 is 5.82 Å². The summed E-state index contributed by atoms with van der Waals surface area (Å²) in [7, 11) is 0. The molecule has 0 amide bonds. The van der Waals surface area contributed by atoms with Gasteiger partial charge in [-0.15, -0.1) is 0 Å². The zero-order valence-corrected chi connectivity index (χ0v) is 5.91. The molecule has 0 fully saturated rings. The maximum absolute atomic E-state index is 12.9. The van der Waals surface area contributed by atoms with Crippen LogP contribution in [0.2, 0.25) is 0 Å². The molecule has 58 valence electrons. The molecule has 3 nitrogen and oxygen atoms in total. The lowest BCUT2D eigenvalue weighted by molar-refractivity contribution is 0.598. The van der Waals surface area contributed by atoms with Gasteiger partial charge in [0.25, 0.3) is 0 Å². The molecule has 2 aromatic rings. The number of nitriles is 1. The van der Waals surface area contributed by atoms with Crippen LogP contribution in [0.25, 0.3) is 11.1 Å². The fourth-order valence-electron chi connectivity index (χ4n) is 0.964. The van der Waals surface area contributed by atoms with Crippen molar-refractivity contribution < 1.29 is 8.81 Å². The maximum Gasteiger partial charge on any atom is 0.181 e. The summed E-state index contributed by atoms with van der Waals surface area (Å²) >= 11 is 0. The number of benzene rings is 1. The van der Waals surface area contributed by atoms with E-state index in [1.54, 1.807) is 6.07 Å². The molecular formula is C8H3FN2O. The van der Waals surface area contributed by atoms with Gasteiger partial charge in [0.05, 0.1) is 5.56 Å². The predicted molar refractivity (Wildman–Crippen MR) is 38.7 cm³/mol. The Morgan fingerprint density at radius 1 is 1.50 bits per heavy atom. The Morgan fingerprint density at radius 2 is 2.33 bits per heavy atom. The van der Waals surface area contributed by atoms with E-state index in [-0.39, 0.29) is 5.56 Å². The van der Waals surface area contributed by atoms with Crippen LogP contribution in [0.5, 0.6) is 0 Å². The fraction of sp³-hybridized carbons (Fsp3) is 0. The summed E-state index contributed by atoms with van der Waals surface area (Å²) < 4.78 is 17.8. The second-order valence-corrected chi connectivity index (χ2v) is 2.26. The summed E-state index contributed by atoms with van der Waals surface area (Å²) in [5.74, 6) is -0.570. The summed E-state index contributed by atoms with van der Waals surface area (Å²) in [6.45, 7) is 0. The van der Waals surface area contributed by atoms with Crippen molar-refractivity contribution in [2.24, 2.45) is 0 Å². The molecule has 0 saturated carbocycles. The summed E-state index contributed by atoms with van der Waals surface area (Å²) in [5.41, 5.74) is 0.818. The van der Waals surface area contributed by atoms with E-state index in [9.17, 15) is 4.39 Å². The van der Waals surface area contributed by atoms with Crippen molar-refractivity contribution >= 4 is 11.1 Å². The Labute approximate surface area is 67.1 Å². The largest absolute Gasteiger partial charge is 0.443 e. The van der Waals surface area contributed by atoms with Crippen LogP contribution in [0.3, 0.4) is 0 Å². The van der Waals surface area contributed by atoms with Crippen molar-refractivity contribution in [3.63, 3.8) is 0 Å². The van der Waals surface area contributed by atoms with Gasteiger partial charge < -0.3 is 4.42 Å². The lowest BCUT2D eigenvalue weighted by Crippen LogP contribution is -1.82. The number of aromatic nitrogens is 1. The van der Waals surface area contributed by atoms with Gasteiger partial charge in [0, 0.05) is 12.1 Å². The molecule has 0 N–H and O–H groups in total. The molecule has 0 aliphatic carbocycles. The predicted octanol–water partition coefficient (Wildman–Crippen LogP) is 1.84. The summed E-state index contributed by atoms with van der Waals surface area (Å²) in [6.07, 6.45) is 1.21. The number of hydrogen-bond donors (Lipinski definition) is 0. The third kappa shape index (κ3) is 0.839. The topological polar surface area (TPSA) is 49.8 Å². The van der Waals surface area contributed by atoms with E-state index >= 15 is 0 Å². The van der Waals surface area contributed by atoms with Crippen molar-refractivity contribution in [1.82, 2.24) is 4.98 Å². The molecule has 0 unspecified atom stereocenters. The van der Waals surface area contributed by atoms with E-state index in [0.29, 0.717) is 11.1 Å². The lowest BCUT2D eigenvalue weighted by Gasteiger charge is -1.90. The van der Waals surface area contributed by atoms with Gasteiger partial charge in [0.1, 0.15) is 17.4 Å². The molecule has 0 saturated heterocycles. The van der Waals surface area contributed by atoms with Crippen LogP contribution >= 0.6 is 0 Å². The van der Waals surface area contributed by atoms with Crippen LogP contribution < -0.4 is 0 Å². The van der Waals surface area contributed by atoms with Gasteiger partial charge >= 0.3 is 0 Å². The van der Waals surface area contributed by atoms with Crippen molar-refractivity contribution in [3.8, 4) is 6.07 Å². The van der Waals surface area contributed by atoms with E-state index in [1.165, 1.54) is 18.5 Å². The second kappa shape index (κ2) is 2.31. The Balaban J connectivity index is 2.84. The van der Waals surface area contributed by atoms with E-state index in [4.69, 9.17) is 9.68 Å². The van der Waals surface area contributed by atoms with Gasteiger partial charge in [-0.05, 0) is 0 Å². The molecule has 12 heavy (non-hydrogen) atoms. The minimum atomic E-state index is -0.570. The van der Waals surface area contributed by atoms with Gasteiger partial charge in [0.2, 0.25) is 0 Å². The average molecular weight is 162 g/mol. The van der Waals surface area contributed by atoms with E-state index in [0.717, 1.165) is 0 Å². The normalized spacial score (nSPS) is 10.0. The number of oxazole rings is 1. The van der Waals surface area contributed by atoms with Crippen LogP contribution in [-0.2, 0) is 0 Å². The van der Waals surface area contributed by atoms with Crippen molar-refractivity contribution in [3.05, 3.63) is 29.9 Å². The third-order valence-corrected chi connectivity index (χ3v) is 1.54. The first-order valence-corrected chi connectivity index (χ1v) is 3.24. The molecule has 0 radical (unpaired) electrons. The highest BCUT2D eigenvalue weighted by Gasteiger charge is 2.06. The summed E-state index contributed by atoms with van der Waals surface area (Å²) in [4.78, 5) is 3.74. The molecule has 0 aliphatic rings. The highest BCUT2D eigenvalue weighted by atomic mass is 19.1. The number of rotatable bonds is 0. The molecule has 1 aromatic heterocycles. The number of nitrogens with zero attached hydrogens (tertiary/aromatic N) is 2. The standard InChI is InChI=1S/C8H3FN2O/c9-6-2-7-8(12-4-11-7)1-5(6)3-10/h1-2,4H. The van der Waals surface area contributed by atoms with Crippen LogP contribution in [0.4, 0.5) is 4.39 Å². The smallest absolute Gasteiger partial charge is 0.181 e. The van der Waals surface area contributed by atoms with Gasteiger partial charge in [-0.2, -0.15) is 5.26 Å². The van der Waals surface area contributed by atoms with Gasteiger partial charge in [0.15, 0.2) is 12.0 Å². The van der Waals surface area contributed by atoms with Gasteiger partial charge in [-0.3, -0.25) is 0 Å². The minimum Gasteiger partial charge on any atom is -0.443 e. The van der Waals surface area contributed by atoms with E-state index in [2.05, 4.69) is 4.98 Å². The van der Waals surface area contributed by atoms with Crippen LogP contribution in [0.15, 0.2) is 22.9 Å². The Hall–Kier alpha value is -1.89. The van der Waals surface area contributed by atoms with Crippen molar-refractivity contribution in [1.29, 1.82) is 5.26 Å². The highest BCUT2D eigenvalue weighted by Crippen LogP contribution is 2.16. The molecule has 1 aromatic carbocycles. The van der Waals surface area contributed by atoms with Gasteiger partial charge in [-0.25, -0.2) is 9.37 Å². The van der Waals surface area contributed by atoms with Crippen molar-refractivity contribution in [2.45, 2.75) is 0 Å². The molecule has 0 spiro atoms. The Bertz CT molecular complexity index is 469.